The van der Waals surface area contributed by atoms with E-state index in [1.165, 1.54) is 6.33 Å². The second kappa shape index (κ2) is 7.82. The summed E-state index contributed by atoms with van der Waals surface area (Å²) in [6.07, 6.45) is 2.59. The molecule has 1 amide bonds. The minimum atomic E-state index is -0.556. The number of para-hydroxylation sites is 1. The predicted molar refractivity (Wildman–Crippen MR) is 99.1 cm³/mol. The lowest BCUT2D eigenvalue weighted by Gasteiger charge is -2.28. The number of aromatic nitrogens is 3. The van der Waals surface area contributed by atoms with Crippen LogP contribution in [-0.2, 0) is 4.79 Å². The van der Waals surface area contributed by atoms with Crippen molar-refractivity contribution in [3.63, 3.8) is 0 Å². The Bertz CT molecular complexity index is 832. The van der Waals surface area contributed by atoms with Crippen molar-refractivity contribution in [3.8, 4) is 11.4 Å². The molecule has 0 spiro atoms. The molecule has 0 bridgehead atoms. The van der Waals surface area contributed by atoms with Gasteiger partial charge in [-0.2, -0.15) is 5.10 Å². The molecule has 1 heterocycles. The van der Waals surface area contributed by atoms with Crippen molar-refractivity contribution in [3.05, 3.63) is 72.8 Å². The smallest absolute Gasteiger partial charge is 0.263 e. The maximum atomic E-state index is 12.7. The van der Waals surface area contributed by atoms with Crippen LogP contribution in [0.25, 0.3) is 5.69 Å². The SMILES string of the molecule is CC(Oc1ccccc1)C(=O)N(C)C(C)c1ccc(-n2cncn2)cc1. The molecule has 2 unspecified atom stereocenters. The van der Waals surface area contributed by atoms with Crippen molar-refractivity contribution in [1.29, 1.82) is 0 Å². The molecule has 0 saturated carbocycles. The number of benzene rings is 2. The number of ether oxygens (including phenoxy) is 1. The number of amides is 1. The third kappa shape index (κ3) is 3.91. The van der Waals surface area contributed by atoms with Crippen LogP contribution in [0.15, 0.2) is 67.3 Å². The zero-order valence-electron chi connectivity index (χ0n) is 15.1. The molecule has 0 radical (unpaired) electrons. The number of nitrogens with zero attached hydrogens (tertiary/aromatic N) is 4. The molecule has 3 aromatic rings. The van der Waals surface area contributed by atoms with Crippen LogP contribution in [0.5, 0.6) is 5.75 Å². The van der Waals surface area contributed by atoms with E-state index < -0.39 is 6.10 Å². The van der Waals surface area contributed by atoms with Crippen molar-refractivity contribution in [2.75, 3.05) is 7.05 Å². The Morgan fingerprint density at radius 2 is 1.77 bits per heavy atom. The molecule has 6 nitrogen and oxygen atoms in total. The molecule has 0 aliphatic rings. The Balaban J connectivity index is 1.66. The molecule has 6 heteroatoms. The van der Waals surface area contributed by atoms with Gasteiger partial charge in [0.15, 0.2) is 6.10 Å². The van der Waals surface area contributed by atoms with Crippen molar-refractivity contribution in [1.82, 2.24) is 19.7 Å². The normalized spacial score (nSPS) is 13.0. The highest BCUT2D eigenvalue weighted by atomic mass is 16.5. The van der Waals surface area contributed by atoms with Gasteiger partial charge in [0.25, 0.3) is 5.91 Å². The van der Waals surface area contributed by atoms with E-state index in [4.69, 9.17) is 4.74 Å². The van der Waals surface area contributed by atoms with Gasteiger partial charge >= 0.3 is 0 Å². The summed E-state index contributed by atoms with van der Waals surface area (Å²) in [4.78, 5) is 18.3. The number of carbonyl (C=O) groups excluding carboxylic acids is 1. The minimum absolute atomic E-state index is 0.0679. The van der Waals surface area contributed by atoms with Crippen molar-refractivity contribution < 1.29 is 9.53 Å². The molecule has 0 aliphatic carbocycles. The van der Waals surface area contributed by atoms with Crippen LogP contribution in [0.2, 0.25) is 0 Å². The van der Waals surface area contributed by atoms with E-state index in [9.17, 15) is 4.79 Å². The Morgan fingerprint density at radius 3 is 2.38 bits per heavy atom. The first kappa shape index (κ1) is 17.7. The third-order valence-electron chi connectivity index (χ3n) is 4.39. The van der Waals surface area contributed by atoms with Gasteiger partial charge in [0, 0.05) is 7.05 Å². The summed E-state index contributed by atoms with van der Waals surface area (Å²) in [5.41, 5.74) is 1.96. The quantitative estimate of drug-likeness (QED) is 0.685. The zero-order valence-corrected chi connectivity index (χ0v) is 15.1. The van der Waals surface area contributed by atoms with E-state index in [0.29, 0.717) is 5.75 Å². The number of carbonyl (C=O) groups is 1. The summed E-state index contributed by atoms with van der Waals surface area (Å²) in [7, 11) is 1.79. The lowest BCUT2D eigenvalue weighted by Crippen LogP contribution is -2.39. The molecule has 134 valence electrons. The standard InChI is InChI=1S/C20H22N4O2/c1-15(17-9-11-18(12-10-17)24-14-21-13-22-24)23(3)20(25)16(2)26-19-7-5-4-6-8-19/h4-16H,1-3H3. The van der Waals surface area contributed by atoms with Crippen molar-refractivity contribution >= 4 is 5.91 Å². The van der Waals surface area contributed by atoms with Gasteiger partial charge in [-0.05, 0) is 43.7 Å². The first-order valence-electron chi connectivity index (χ1n) is 8.49. The van der Waals surface area contributed by atoms with Crippen LogP contribution in [0, 0.1) is 0 Å². The maximum Gasteiger partial charge on any atom is 0.263 e. The largest absolute Gasteiger partial charge is 0.481 e. The van der Waals surface area contributed by atoms with Gasteiger partial charge in [-0.15, -0.1) is 0 Å². The molecule has 3 rings (SSSR count). The monoisotopic (exact) mass is 350 g/mol. The topological polar surface area (TPSA) is 60.2 Å². The second-order valence-corrected chi connectivity index (χ2v) is 6.13. The average molecular weight is 350 g/mol. The number of likely N-dealkylation sites (N-methyl/N-ethyl adjacent to an activating group) is 1. The molecular weight excluding hydrogens is 328 g/mol. The van der Waals surface area contributed by atoms with Crippen LogP contribution in [0.1, 0.15) is 25.5 Å². The zero-order chi connectivity index (χ0) is 18.5. The summed E-state index contributed by atoms with van der Waals surface area (Å²) in [5, 5.41) is 4.11. The van der Waals surface area contributed by atoms with Gasteiger partial charge in [0.05, 0.1) is 11.7 Å². The van der Waals surface area contributed by atoms with E-state index in [1.807, 2.05) is 61.5 Å². The van der Waals surface area contributed by atoms with Crippen molar-refractivity contribution in [2.24, 2.45) is 0 Å². The van der Waals surface area contributed by atoms with Crippen LogP contribution in [0.3, 0.4) is 0 Å². The molecule has 0 saturated heterocycles. The van der Waals surface area contributed by atoms with Gasteiger partial charge in [0.2, 0.25) is 0 Å². The first-order chi connectivity index (χ1) is 12.6. The highest BCUT2D eigenvalue weighted by Gasteiger charge is 2.24. The summed E-state index contributed by atoms with van der Waals surface area (Å²) in [6.45, 7) is 3.77. The van der Waals surface area contributed by atoms with E-state index >= 15 is 0 Å². The molecule has 0 aliphatic heterocycles. The molecule has 0 fully saturated rings. The van der Waals surface area contributed by atoms with E-state index in [-0.39, 0.29) is 11.9 Å². The average Bonchev–Trinajstić information content (AvgIpc) is 3.22. The summed E-state index contributed by atoms with van der Waals surface area (Å²) in [6, 6.07) is 17.2. The highest BCUT2D eigenvalue weighted by Crippen LogP contribution is 2.22. The molecule has 1 aromatic heterocycles. The first-order valence-corrected chi connectivity index (χ1v) is 8.49. The summed E-state index contributed by atoms with van der Waals surface area (Å²) >= 11 is 0. The van der Waals surface area contributed by atoms with Gasteiger partial charge in [-0.25, -0.2) is 9.67 Å². The van der Waals surface area contributed by atoms with Gasteiger partial charge in [-0.3, -0.25) is 4.79 Å². The fourth-order valence-electron chi connectivity index (χ4n) is 2.70. The highest BCUT2D eigenvalue weighted by molar-refractivity contribution is 5.81. The maximum absolute atomic E-state index is 12.7. The molecule has 2 atom stereocenters. The molecule has 0 N–H and O–H groups in total. The number of hydrogen-bond acceptors (Lipinski definition) is 4. The second-order valence-electron chi connectivity index (χ2n) is 6.13. The van der Waals surface area contributed by atoms with Crippen LogP contribution >= 0.6 is 0 Å². The number of rotatable bonds is 6. The van der Waals surface area contributed by atoms with Crippen LogP contribution in [-0.4, -0.2) is 38.7 Å². The Labute approximate surface area is 153 Å². The molecular formula is C20H22N4O2. The Hall–Kier alpha value is -3.15. The fourth-order valence-corrected chi connectivity index (χ4v) is 2.70. The lowest BCUT2D eigenvalue weighted by molar-refractivity contribution is -0.138. The van der Waals surface area contributed by atoms with E-state index in [0.717, 1.165) is 11.3 Å². The fraction of sp³-hybridized carbons (Fsp3) is 0.250. The molecule has 26 heavy (non-hydrogen) atoms. The van der Waals surface area contributed by atoms with Crippen LogP contribution < -0.4 is 4.74 Å². The minimum Gasteiger partial charge on any atom is -0.481 e. The predicted octanol–water partition coefficient (Wildman–Crippen LogP) is 3.25. The lowest BCUT2D eigenvalue weighted by atomic mass is 10.1. The third-order valence-corrected chi connectivity index (χ3v) is 4.39. The Kier molecular flexibility index (Phi) is 5.31. The van der Waals surface area contributed by atoms with E-state index in [2.05, 4.69) is 10.1 Å². The summed E-state index contributed by atoms with van der Waals surface area (Å²) < 4.78 is 7.44. The Morgan fingerprint density at radius 1 is 1.08 bits per heavy atom. The molecule has 2 aromatic carbocycles. The van der Waals surface area contributed by atoms with E-state index in [1.54, 1.807) is 29.9 Å². The van der Waals surface area contributed by atoms with Gasteiger partial charge in [0.1, 0.15) is 18.4 Å². The summed E-state index contributed by atoms with van der Waals surface area (Å²) in [5.74, 6) is 0.619. The van der Waals surface area contributed by atoms with Crippen LogP contribution in [0.4, 0.5) is 0 Å². The number of hydrogen-bond donors (Lipinski definition) is 0. The van der Waals surface area contributed by atoms with Gasteiger partial charge in [-0.1, -0.05) is 30.3 Å². The van der Waals surface area contributed by atoms with Crippen molar-refractivity contribution in [2.45, 2.75) is 26.0 Å². The van der Waals surface area contributed by atoms with Gasteiger partial charge < -0.3 is 9.64 Å².